The van der Waals surface area contributed by atoms with Crippen LogP contribution in [0.5, 0.6) is 0 Å². The number of esters is 1. The lowest BCUT2D eigenvalue weighted by Crippen LogP contribution is -2.28. The number of ether oxygens (including phenoxy) is 1. The third-order valence-electron chi connectivity index (χ3n) is 7.12. The smallest absolute Gasteiger partial charge is 0.338 e. The van der Waals surface area contributed by atoms with Gasteiger partial charge in [0, 0.05) is 0 Å². The zero-order valence-corrected chi connectivity index (χ0v) is 18.7. The van der Waals surface area contributed by atoms with Gasteiger partial charge in [-0.1, -0.05) is 66.5 Å². The maximum Gasteiger partial charge on any atom is 0.338 e. The standard InChI is InChI=1S/C25H40O2/c1-8-23(3,4)18-21(24(5,6)9-2)19-12-14-20(15-13-19)22(26)27-25(7)16-10-11-17-25/h12-15,21H,8-11,16-18H2,1-7H3. The zero-order chi connectivity index (χ0) is 20.3. The van der Waals surface area contributed by atoms with Gasteiger partial charge < -0.3 is 4.74 Å². The minimum absolute atomic E-state index is 0.175. The number of rotatable bonds is 8. The molecule has 0 heterocycles. The van der Waals surface area contributed by atoms with E-state index in [9.17, 15) is 4.79 Å². The molecule has 27 heavy (non-hydrogen) atoms. The number of carbonyl (C=O) groups excluding carboxylic acids is 1. The Morgan fingerprint density at radius 2 is 1.59 bits per heavy atom. The molecule has 0 aliphatic heterocycles. The van der Waals surface area contributed by atoms with Gasteiger partial charge in [-0.25, -0.2) is 4.79 Å². The molecule has 0 bridgehead atoms. The zero-order valence-electron chi connectivity index (χ0n) is 18.7. The normalized spacial score (nSPS) is 18.3. The van der Waals surface area contributed by atoms with Crippen molar-refractivity contribution in [3.05, 3.63) is 35.4 Å². The molecule has 0 aromatic heterocycles. The third kappa shape index (κ3) is 5.59. The first-order valence-corrected chi connectivity index (χ1v) is 10.9. The van der Waals surface area contributed by atoms with Crippen molar-refractivity contribution in [3.63, 3.8) is 0 Å². The summed E-state index contributed by atoms with van der Waals surface area (Å²) in [5.41, 5.74) is 2.28. The Bertz CT molecular complexity index is 618. The molecule has 1 fully saturated rings. The summed E-state index contributed by atoms with van der Waals surface area (Å²) in [4.78, 5) is 12.6. The lowest BCUT2D eigenvalue weighted by molar-refractivity contribution is -0.00609. The monoisotopic (exact) mass is 372 g/mol. The maximum absolute atomic E-state index is 12.6. The van der Waals surface area contributed by atoms with Gasteiger partial charge >= 0.3 is 5.97 Å². The number of hydrogen-bond acceptors (Lipinski definition) is 2. The molecule has 1 aliphatic carbocycles. The second-order valence-corrected chi connectivity index (χ2v) is 10.3. The van der Waals surface area contributed by atoms with E-state index in [2.05, 4.69) is 60.6 Å². The van der Waals surface area contributed by atoms with Crippen molar-refractivity contribution in [1.29, 1.82) is 0 Å². The summed E-state index contributed by atoms with van der Waals surface area (Å²) in [6.45, 7) is 16.1. The summed E-state index contributed by atoms with van der Waals surface area (Å²) in [6.07, 6.45) is 7.75. The number of carbonyl (C=O) groups is 1. The summed E-state index contributed by atoms with van der Waals surface area (Å²) < 4.78 is 5.83. The maximum atomic E-state index is 12.6. The van der Waals surface area contributed by atoms with Crippen LogP contribution in [0.4, 0.5) is 0 Å². The van der Waals surface area contributed by atoms with E-state index in [0.717, 1.165) is 38.5 Å². The number of hydrogen-bond donors (Lipinski definition) is 0. The van der Waals surface area contributed by atoms with E-state index < -0.39 is 0 Å². The van der Waals surface area contributed by atoms with E-state index in [4.69, 9.17) is 4.74 Å². The summed E-state index contributed by atoms with van der Waals surface area (Å²) in [5.74, 6) is 0.306. The van der Waals surface area contributed by atoms with Crippen LogP contribution in [0, 0.1) is 10.8 Å². The Kier molecular flexibility index (Phi) is 6.81. The van der Waals surface area contributed by atoms with Gasteiger partial charge in [-0.3, -0.25) is 0 Å². The van der Waals surface area contributed by atoms with Crippen LogP contribution in [0.3, 0.4) is 0 Å². The van der Waals surface area contributed by atoms with Crippen LogP contribution in [-0.4, -0.2) is 11.6 Å². The van der Waals surface area contributed by atoms with E-state index in [1.807, 2.05) is 12.1 Å². The molecular weight excluding hydrogens is 332 g/mol. The fraction of sp³-hybridized carbons (Fsp3) is 0.720. The van der Waals surface area contributed by atoms with Gasteiger partial charge in [-0.2, -0.15) is 0 Å². The molecule has 1 atom stereocenters. The number of benzene rings is 1. The molecule has 1 aromatic rings. The molecule has 1 unspecified atom stereocenters. The summed E-state index contributed by atoms with van der Waals surface area (Å²) in [5, 5.41) is 0. The largest absolute Gasteiger partial charge is 0.456 e. The van der Waals surface area contributed by atoms with Crippen molar-refractivity contribution in [1.82, 2.24) is 0 Å². The lowest BCUT2D eigenvalue weighted by Gasteiger charge is -2.39. The van der Waals surface area contributed by atoms with Crippen LogP contribution in [0.2, 0.25) is 0 Å². The minimum atomic E-state index is -0.270. The molecule has 2 rings (SSSR count). The highest BCUT2D eigenvalue weighted by molar-refractivity contribution is 5.89. The predicted octanol–water partition coefficient (Wildman–Crippen LogP) is 7.52. The second-order valence-electron chi connectivity index (χ2n) is 10.3. The molecule has 0 spiro atoms. The average molecular weight is 373 g/mol. The first-order chi connectivity index (χ1) is 12.5. The molecule has 152 valence electrons. The third-order valence-corrected chi connectivity index (χ3v) is 7.12. The second kappa shape index (κ2) is 8.37. The molecule has 1 aromatic carbocycles. The van der Waals surface area contributed by atoms with Crippen LogP contribution in [-0.2, 0) is 4.74 Å². The molecular formula is C25H40O2. The van der Waals surface area contributed by atoms with Crippen LogP contribution in [0.1, 0.15) is 115 Å². The van der Waals surface area contributed by atoms with Crippen molar-refractivity contribution in [3.8, 4) is 0 Å². The van der Waals surface area contributed by atoms with E-state index in [1.165, 1.54) is 12.0 Å². The lowest BCUT2D eigenvalue weighted by atomic mass is 9.66. The van der Waals surface area contributed by atoms with Gasteiger partial charge in [0.15, 0.2) is 0 Å². The summed E-state index contributed by atoms with van der Waals surface area (Å²) in [6, 6.07) is 8.24. The summed E-state index contributed by atoms with van der Waals surface area (Å²) in [7, 11) is 0. The van der Waals surface area contributed by atoms with Crippen LogP contribution in [0.25, 0.3) is 0 Å². The van der Waals surface area contributed by atoms with Gasteiger partial charge in [0.05, 0.1) is 5.56 Å². The fourth-order valence-electron chi connectivity index (χ4n) is 4.15. The Balaban J connectivity index is 2.19. The molecule has 0 saturated heterocycles. The molecule has 2 nitrogen and oxygen atoms in total. The van der Waals surface area contributed by atoms with Crippen molar-refractivity contribution >= 4 is 5.97 Å². The SMILES string of the molecule is CCC(C)(C)CC(c1ccc(C(=O)OC2(C)CCCC2)cc1)C(C)(C)CC. The molecule has 2 heteroatoms. The first kappa shape index (κ1) is 22.0. The highest BCUT2D eigenvalue weighted by Crippen LogP contribution is 2.46. The highest BCUT2D eigenvalue weighted by Gasteiger charge is 2.35. The average Bonchev–Trinajstić information content (AvgIpc) is 3.05. The fourth-order valence-corrected chi connectivity index (χ4v) is 4.15. The molecule has 0 radical (unpaired) electrons. The molecule has 1 saturated carbocycles. The molecule has 0 amide bonds. The Morgan fingerprint density at radius 3 is 2.07 bits per heavy atom. The van der Waals surface area contributed by atoms with Gasteiger partial charge in [-0.15, -0.1) is 0 Å². The minimum Gasteiger partial charge on any atom is -0.456 e. The van der Waals surface area contributed by atoms with Crippen LogP contribution < -0.4 is 0 Å². The van der Waals surface area contributed by atoms with Crippen molar-refractivity contribution in [2.75, 3.05) is 0 Å². The van der Waals surface area contributed by atoms with Gasteiger partial charge in [0.1, 0.15) is 5.60 Å². The molecule has 0 N–H and O–H groups in total. The highest BCUT2D eigenvalue weighted by atomic mass is 16.6. The predicted molar refractivity (Wildman–Crippen MR) is 114 cm³/mol. The van der Waals surface area contributed by atoms with Crippen molar-refractivity contribution in [2.45, 2.75) is 105 Å². The van der Waals surface area contributed by atoms with Gasteiger partial charge in [0.2, 0.25) is 0 Å². The summed E-state index contributed by atoms with van der Waals surface area (Å²) >= 11 is 0. The Hall–Kier alpha value is -1.31. The quantitative estimate of drug-likeness (QED) is 0.441. The van der Waals surface area contributed by atoms with E-state index in [-0.39, 0.29) is 17.0 Å². The van der Waals surface area contributed by atoms with Crippen LogP contribution in [0.15, 0.2) is 24.3 Å². The van der Waals surface area contributed by atoms with Gasteiger partial charge in [-0.05, 0) is 73.5 Å². The Labute approximate surface area is 167 Å². The molecule has 1 aliphatic rings. The van der Waals surface area contributed by atoms with E-state index in [1.54, 1.807) is 0 Å². The van der Waals surface area contributed by atoms with Gasteiger partial charge in [0.25, 0.3) is 0 Å². The topological polar surface area (TPSA) is 26.3 Å². The Morgan fingerprint density at radius 1 is 1.04 bits per heavy atom. The van der Waals surface area contributed by atoms with E-state index >= 15 is 0 Å². The van der Waals surface area contributed by atoms with Crippen molar-refractivity contribution < 1.29 is 9.53 Å². The first-order valence-electron chi connectivity index (χ1n) is 10.9. The van der Waals surface area contributed by atoms with Crippen molar-refractivity contribution in [2.24, 2.45) is 10.8 Å². The van der Waals surface area contributed by atoms with E-state index in [0.29, 0.717) is 16.9 Å². The van der Waals surface area contributed by atoms with Crippen LogP contribution >= 0.6 is 0 Å².